The fraction of sp³-hybridized carbons (Fsp3) is 0.651. The molecule has 1 saturated heterocycles. The third kappa shape index (κ3) is 8.27. The summed E-state index contributed by atoms with van der Waals surface area (Å²) in [5, 5.41) is 1.24. The number of methoxy groups -OCH3 is 1. The standard InChI is InChI=1S/C43H67GeO4P/c1-25(2)28-20-30(26(3)4)36(31(21-28)27(5)6)44(43(16,17)18)38(32(39(46)47-19)24-35(45)48-44)49-37-33(41(10,11)12)22-29(40(7,8)9)23-34(37)42(13,14)15/h20-23,25-27,32H,24H2,1-19H3. The van der Waals surface area contributed by atoms with Gasteiger partial charge in [0.1, 0.15) is 0 Å². The van der Waals surface area contributed by atoms with Crippen molar-refractivity contribution in [2.24, 2.45) is 5.92 Å². The number of ether oxygens (including phenoxy) is 1. The third-order valence-electron chi connectivity index (χ3n) is 10.2. The van der Waals surface area contributed by atoms with Gasteiger partial charge in [-0.3, -0.25) is 0 Å². The molecule has 0 radical (unpaired) electrons. The van der Waals surface area contributed by atoms with Crippen LogP contribution in [0.15, 0.2) is 24.3 Å². The van der Waals surface area contributed by atoms with Crippen molar-refractivity contribution in [3.05, 3.63) is 57.6 Å². The van der Waals surface area contributed by atoms with Gasteiger partial charge in [-0.2, -0.15) is 0 Å². The molecule has 0 saturated carbocycles. The van der Waals surface area contributed by atoms with E-state index in [-0.39, 0.29) is 46.4 Å². The van der Waals surface area contributed by atoms with Gasteiger partial charge in [0.05, 0.1) is 0 Å². The second kappa shape index (κ2) is 14.3. The maximum atomic E-state index is 14.1. The molecule has 1 heterocycles. The Hall–Kier alpha value is -1.91. The van der Waals surface area contributed by atoms with Crippen LogP contribution >= 0.6 is 8.20 Å². The van der Waals surface area contributed by atoms with Crippen LogP contribution in [0, 0.1) is 5.92 Å². The van der Waals surface area contributed by atoms with Gasteiger partial charge in [-0.05, 0) is 0 Å². The number of hydrogen-bond acceptors (Lipinski definition) is 4. The summed E-state index contributed by atoms with van der Waals surface area (Å²) in [5.41, 5.74) is 7.32. The van der Waals surface area contributed by atoms with E-state index in [4.69, 9.17) is 8.50 Å². The second-order valence-corrected chi connectivity index (χ2v) is 30.0. The van der Waals surface area contributed by atoms with Crippen molar-refractivity contribution in [3.8, 4) is 0 Å². The molecule has 2 aromatic carbocycles. The number of carbonyl (C=O) groups is 2. The summed E-state index contributed by atoms with van der Waals surface area (Å²) in [6.07, 6.45) is 0.00592. The van der Waals surface area contributed by atoms with Crippen LogP contribution in [0.4, 0.5) is 0 Å². The van der Waals surface area contributed by atoms with E-state index in [1.165, 1.54) is 50.2 Å². The normalized spacial score (nSPS) is 20.4. The van der Waals surface area contributed by atoms with Crippen LogP contribution in [0.25, 0.3) is 0 Å². The van der Waals surface area contributed by atoms with E-state index in [1.54, 1.807) is 0 Å². The Bertz CT molecular complexity index is 1540. The predicted octanol–water partition coefficient (Wildman–Crippen LogP) is 10.6. The molecule has 1 fully saturated rings. The van der Waals surface area contributed by atoms with Gasteiger partial charge in [0.25, 0.3) is 0 Å². The molecular formula is C43H67GeO4P. The second-order valence-electron chi connectivity index (χ2n) is 19.4. The fourth-order valence-corrected chi connectivity index (χ4v) is 23.6. The van der Waals surface area contributed by atoms with Crippen LogP contribution in [0.2, 0.25) is 4.25 Å². The molecule has 1 aliphatic heterocycles. The van der Waals surface area contributed by atoms with Crippen molar-refractivity contribution in [2.75, 3.05) is 7.11 Å². The van der Waals surface area contributed by atoms with Crippen molar-refractivity contribution in [3.63, 3.8) is 0 Å². The number of hydrogen-bond donors (Lipinski definition) is 0. The minimum atomic E-state index is -4.32. The molecule has 6 heteroatoms. The van der Waals surface area contributed by atoms with Gasteiger partial charge >= 0.3 is 306 Å². The van der Waals surface area contributed by atoms with E-state index in [0.717, 1.165) is 12.3 Å². The molecule has 49 heavy (non-hydrogen) atoms. The average Bonchev–Trinajstić information content (AvgIpc) is 2.94. The van der Waals surface area contributed by atoms with Crippen LogP contribution in [0.5, 0.6) is 0 Å². The van der Waals surface area contributed by atoms with Gasteiger partial charge in [0.2, 0.25) is 0 Å². The number of esters is 1. The van der Waals surface area contributed by atoms with Gasteiger partial charge in [-0.25, -0.2) is 0 Å². The molecule has 1 aliphatic rings. The molecule has 272 valence electrons. The zero-order valence-electron chi connectivity index (χ0n) is 34.4. The van der Waals surface area contributed by atoms with Crippen LogP contribution in [-0.2, 0) is 34.3 Å². The summed E-state index contributed by atoms with van der Waals surface area (Å²) in [6, 6.07) is 9.56. The Morgan fingerprint density at radius 2 is 1.20 bits per heavy atom. The molecule has 2 atom stereocenters. The van der Waals surface area contributed by atoms with E-state index in [2.05, 4.69) is 149 Å². The van der Waals surface area contributed by atoms with Crippen LogP contribution in [0.1, 0.15) is 182 Å². The molecule has 0 aliphatic carbocycles. The molecule has 0 bridgehead atoms. The molecule has 0 amide bonds. The summed E-state index contributed by atoms with van der Waals surface area (Å²) in [4.78, 5) is 28.1. The number of rotatable bonds is 6. The Balaban J connectivity index is 2.82. The van der Waals surface area contributed by atoms with Crippen molar-refractivity contribution in [1.29, 1.82) is 0 Å². The van der Waals surface area contributed by atoms with E-state index < -0.39 is 23.8 Å². The van der Waals surface area contributed by atoms with Gasteiger partial charge in [0, 0.05) is 0 Å². The predicted molar refractivity (Wildman–Crippen MR) is 214 cm³/mol. The molecule has 0 N–H and O–H groups in total. The van der Waals surface area contributed by atoms with E-state index >= 15 is 0 Å². The first-order valence-electron chi connectivity index (χ1n) is 18.4. The van der Waals surface area contributed by atoms with Gasteiger partial charge in [0.15, 0.2) is 0 Å². The topological polar surface area (TPSA) is 52.6 Å². The van der Waals surface area contributed by atoms with E-state index in [0.29, 0.717) is 5.92 Å². The maximum absolute atomic E-state index is 14.1. The summed E-state index contributed by atoms with van der Waals surface area (Å²) < 4.78 is 14.6. The first kappa shape index (κ1) is 41.5. The number of carbonyl (C=O) groups excluding carboxylic acids is 2. The molecule has 4 nitrogen and oxygen atoms in total. The summed E-state index contributed by atoms with van der Waals surface area (Å²) in [6.45, 7) is 40.9. The molecule has 0 spiro atoms. The van der Waals surface area contributed by atoms with Crippen molar-refractivity contribution < 1.29 is 18.1 Å². The number of benzene rings is 2. The van der Waals surface area contributed by atoms with E-state index in [1.807, 2.05) is 0 Å². The monoisotopic (exact) mass is 752 g/mol. The fourth-order valence-electron chi connectivity index (χ4n) is 7.17. The van der Waals surface area contributed by atoms with Crippen LogP contribution in [-0.4, -0.2) is 36.8 Å². The zero-order valence-corrected chi connectivity index (χ0v) is 37.4. The quantitative estimate of drug-likeness (QED) is 0.168. The Kier molecular flexibility index (Phi) is 12.1. The van der Waals surface area contributed by atoms with Crippen molar-refractivity contribution in [2.45, 2.75) is 169 Å². The van der Waals surface area contributed by atoms with Crippen LogP contribution < -0.4 is 9.70 Å². The summed E-state index contributed by atoms with van der Waals surface area (Å²) in [5.74, 6) is -0.544. The van der Waals surface area contributed by atoms with Gasteiger partial charge in [-0.15, -0.1) is 0 Å². The van der Waals surface area contributed by atoms with Gasteiger partial charge in [-0.1, -0.05) is 0 Å². The molecule has 0 aromatic heterocycles. The average molecular weight is 752 g/mol. The van der Waals surface area contributed by atoms with Gasteiger partial charge < -0.3 is 0 Å². The molecule has 3 rings (SSSR count). The molecule has 2 unspecified atom stereocenters. The summed E-state index contributed by atoms with van der Waals surface area (Å²) >= 11 is -4.32. The Morgan fingerprint density at radius 3 is 1.53 bits per heavy atom. The molecule has 2 aromatic rings. The Labute approximate surface area is 304 Å². The van der Waals surface area contributed by atoms with Crippen LogP contribution in [0.3, 0.4) is 0 Å². The summed E-state index contributed by atoms with van der Waals surface area (Å²) in [7, 11) is 2.42. The Morgan fingerprint density at radius 1 is 0.755 bits per heavy atom. The van der Waals surface area contributed by atoms with Crippen molar-refractivity contribution in [1.82, 2.24) is 0 Å². The molecular weight excluding hydrogens is 684 g/mol. The zero-order chi connectivity index (χ0) is 37.8. The first-order valence-corrected chi connectivity index (χ1v) is 23.3. The SMILES string of the molecule is COC(=O)C1CC(=O)[O][Ge]([c]2c(C(C)C)cc(C(C)C)cc2C(C)C)([C](C)(C)C)[C]1=Pc1c(C(C)(C)C)cc(C(C)(C)C)cc1C(C)(C)C. The van der Waals surface area contributed by atoms with Crippen molar-refractivity contribution >= 4 is 47.6 Å². The third-order valence-corrected chi connectivity index (χ3v) is 24.3. The minimum absolute atomic E-state index is 0.00592. The first-order chi connectivity index (χ1) is 22.1. The van der Waals surface area contributed by atoms with E-state index in [9.17, 15) is 9.59 Å².